The third-order valence-corrected chi connectivity index (χ3v) is 4.06. The third kappa shape index (κ3) is 2.52. The zero-order valence-corrected chi connectivity index (χ0v) is 10.9. The van der Waals surface area contributed by atoms with Crippen LogP contribution in [0.25, 0.3) is 0 Å². The first-order valence-electron chi connectivity index (χ1n) is 6.69. The van der Waals surface area contributed by atoms with Crippen LogP contribution in [0.3, 0.4) is 0 Å². The van der Waals surface area contributed by atoms with E-state index >= 15 is 0 Å². The number of nitrogens with one attached hydrogen (secondary N) is 1. The summed E-state index contributed by atoms with van der Waals surface area (Å²) < 4.78 is 13.5. The van der Waals surface area contributed by atoms with E-state index in [9.17, 15) is 4.39 Å². The molecule has 1 aromatic carbocycles. The summed E-state index contributed by atoms with van der Waals surface area (Å²) in [7, 11) is 0. The molecule has 1 nitrogen and oxygen atoms in total. The Kier molecular flexibility index (Phi) is 3.82. The van der Waals surface area contributed by atoms with Gasteiger partial charge < -0.3 is 5.32 Å². The summed E-state index contributed by atoms with van der Waals surface area (Å²) in [5.41, 5.74) is 2.34. The Balaban J connectivity index is 2.41. The van der Waals surface area contributed by atoms with Crippen LogP contribution in [0.15, 0.2) is 18.2 Å². The Morgan fingerprint density at radius 3 is 2.88 bits per heavy atom. The largest absolute Gasteiger partial charge is 0.307 e. The first kappa shape index (κ1) is 12.6. The predicted octanol–water partition coefficient (Wildman–Crippen LogP) is 3.90. The van der Waals surface area contributed by atoms with Crippen molar-refractivity contribution < 1.29 is 4.39 Å². The van der Waals surface area contributed by atoms with Crippen LogP contribution >= 0.6 is 0 Å². The minimum atomic E-state index is -0.121. The van der Waals surface area contributed by atoms with E-state index in [1.54, 1.807) is 12.1 Å². The van der Waals surface area contributed by atoms with Crippen LogP contribution in [0.5, 0.6) is 0 Å². The van der Waals surface area contributed by atoms with Crippen LogP contribution in [-0.4, -0.2) is 6.54 Å². The molecular formula is C15H22FN. The lowest BCUT2D eigenvalue weighted by molar-refractivity contribution is 0.310. The van der Waals surface area contributed by atoms with Gasteiger partial charge in [0.15, 0.2) is 0 Å². The van der Waals surface area contributed by atoms with Gasteiger partial charge in [-0.2, -0.15) is 0 Å². The number of benzene rings is 1. The molecule has 0 spiro atoms. The van der Waals surface area contributed by atoms with Crippen molar-refractivity contribution in [1.82, 2.24) is 5.32 Å². The van der Waals surface area contributed by atoms with Crippen LogP contribution in [-0.2, 0) is 5.54 Å². The molecule has 1 fully saturated rings. The van der Waals surface area contributed by atoms with Crippen LogP contribution in [0, 0.1) is 12.7 Å². The number of aryl methyl sites for hydroxylation is 1. The Bertz CT molecular complexity index is 379. The normalized spacial score (nSPS) is 25.6. The fourth-order valence-electron chi connectivity index (χ4n) is 2.98. The summed E-state index contributed by atoms with van der Waals surface area (Å²) >= 11 is 0. The molecule has 17 heavy (non-hydrogen) atoms. The van der Waals surface area contributed by atoms with E-state index in [0.29, 0.717) is 0 Å². The minimum absolute atomic E-state index is 0.0112. The molecule has 94 valence electrons. The van der Waals surface area contributed by atoms with Gasteiger partial charge in [0.05, 0.1) is 0 Å². The summed E-state index contributed by atoms with van der Waals surface area (Å²) in [5.74, 6) is -0.121. The van der Waals surface area contributed by atoms with Gasteiger partial charge in [0.2, 0.25) is 0 Å². The van der Waals surface area contributed by atoms with Gasteiger partial charge in [-0.3, -0.25) is 0 Å². The van der Waals surface area contributed by atoms with E-state index in [4.69, 9.17) is 0 Å². The number of rotatable bonds is 2. The second kappa shape index (κ2) is 5.18. The average molecular weight is 235 g/mol. The minimum Gasteiger partial charge on any atom is -0.307 e. The molecular weight excluding hydrogens is 213 g/mol. The van der Waals surface area contributed by atoms with Gasteiger partial charge in [-0.15, -0.1) is 0 Å². The van der Waals surface area contributed by atoms with Gasteiger partial charge in [-0.05, 0) is 56.0 Å². The quantitative estimate of drug-likeness (QED) is 0.819. The summed E-state index contributed by atoms with van der Waals surface area (Å²) in [6.07, 6.45) is 5.89. The molecule has 1 heterocycles. The summed E-state index contributed by atoms with van der Waals surface area (Å²) in [5, 5.41) is 3.66. The zero-order valence-electron chi connectivity index (χ0n) is 10.9. The van der Waals surface area contributed by atoms with Crippen molar-refractivity contribution >= 4 is 0 Å². The monoisotopic (exact) mass is 235 g/mol. The van der Waals surface area contributed by atoms with Gasteiger partial charge in [-0.1, -0.05) is 25.8 Å². The van der Waals surface area contributed by atoms with Crippen molar-refractivity contribution in [3.63, 3.8) is 0 Å². The van der Waals surface area contributed by atoms with E-state index in [0.717, 1.165) is 24.9 Å². The molecule has 0 bridgehead atoms. The number of hydrogen-bond acceptors (Lipinski definition) is 1. The van der Waals surface area contributed by atoms with Crippen molar-refractivity contribution in [3.05, 3.63) is 35.1 Å². The molecule has 1 unspecified atom stereocenters. The molecule has 1 aliphatic heterocycles. The van der Waals surface area contributed by atoms with Gasteiger partial charge in [0.25, 0.3) is 0 Å². The maximum absolute atomic E-state index is 13.5. The van der Waals surface area contributed by atoms with E-state index in [-0.39, 0.29) is 11.4 Å². The molecule has 0 radical (unpaired) electrons. The van der Waals surface area contributed by atoms with Crippen molar-refractivity contribution in [2.24, 2.45) is 0 Å². The maximum Gasteiger partial charge on any atom is 0.123 e. The standard InChI is InChI=1S/C15H22FN/c1-3-15(9-5-4-6-10-17-15)14-11-13(16)8-7-12(14)2/h7-8,11,17H,3-6,9-10H2,1-2H3. The topological polar surface area (TPSA) is 12.0 Å². The average Bonchev–Trinajstić information content (AvgIpc) is 2.58. The molecule has 2 heteroatoms. The maximum atomic E-state index is 13.5. The van der Waals surface area contributed by atoms with Crippen LogP contribution in [0.4, 0.5) is 4.39 Å². The number of halogens is 1. The molecule has 0 aliphatic carbocycles. The lowest BCUT2D eigenvalue weighted by atomic mass is 9.81. The predicted molar refractivity (Wildman–Crippen MR) is 69.6 cm³/mol. The van der Waals surface area contributed by atoms with Crippen LogP contribution in [0.1, 0.15) is 50.2 Å². The summed E-state index contributed by atoms with van der Waals surface area (Å²) in [6.45, 7) is 5.32. The van der Waals surface area contributed by atoms with E-state index in [2.05, 4.69) is 19.2 Å². The van der Waals surface area contributed by atoms with Gasteiger partial charge in [-0.25, -0.2) is 4.39 Å². The lowest BCUT2D eigenvalue weighted by Crippen LogP contribution is -2.41. The zero-order chi connectivity index (χ0) is 12.3. The fraction of sp³-hybridized carbons (Fsp3) is 0.600. The second-order valence-corrected chi connectivity index (χ2v) is 5.13. The summed E-state index contributed by atoms with van der Waals surface area (Å²) in [4.78, 5) is 0. The Morgan fingerprint density at radius 1 is 1.29 bits per heavy atom. The molecule has 1 N–H and O–H groups in total. The second-order valence-electron chi connectivity index (χ2n) is 5.13. The highest BCUT2D eigenvalue weighted by molar-refractivity contribution is 5.33. The molecule has 1 aromatic rings. The molecule has 0 amide bonds. The molecule has 1 aliphatic rings. The first-order chi connectivity index (χ1) is 8.18. The third-order valence-electron chi connectivity index (χ3n) is 4.06. The highest BCUT2D eigenvalue weighted by Crippen LogP contribution is 2.35. The van der Waals surface area contributed by atoms with E-state index < -0.39 is 0 Å². The van der Waals surface area contributed by atoms with E-state index in [1.807, 2.05) is 6.07 Å². The lowest BCUT2D eigenvalue weighted by Gasteiger charge is -2.35. The molecule has 0 aromatic heterocycles. The van der Waals surface area contributed by atoms with Crippen molar-refractivity contribution in [3.8, 4) is 0 Å². The van der Waals surface area contributed by atoms with Crippen molar-refractivity contribution in [2.75, 3.05) is 6.54 Å². The molecule has 2 rings (SSSR count). The van der Waals surface area contributed by atoms with Crippen molar-refractivity contribution in [2.45, 2.75) is 51.5 Å². The van der Waals surface area contributed by atoms with Gasteiger partial charge in [0, 0.05) is 5.54 Å². The highest BCUT2D eigenvalue weighted by atomic mass is 19.1. The van der Waals surface area contributed by atoms with Crippen molar-refractivity contribution in [1.29, 1.82) is 0 Å². The molecule has 0 saturated carbocycles. The highest BCUT2D eigenvalue weighted by Gasteiger charge is 2.32. The van der Waals surface area contributed by atoms with E-state index in [1.165, 1.54) is 24.8 Å². The smallest absolute Gasteiger partial charge is 0.123 e. The Morgan fingerprint density at radius 2 is 2.12 bits per heavy atom. The van der Waals surface area contributed by atoms with Crippen LogP contribution < -0.4 is 5.32 Å². The Hall–Kier alpha value is -0.890. The summed E-state index contributed by atoms with van der Waals surface area (Å²) in [6, 6.07) is 5.17. The van der Waals surface area contributed by atoms with Gasteiger partial charge >= 0.3 is 0 Å². The molecule has 1 saturated heterocycles. The van der Waals surface area contributed by atoms with Crippen LogP contribution in [0.2, 0.25) is 0 Å². The van der Waals surface area contributed by atoms with Gasteiger partial charge in [0.1, 0.15) is 5.82 Å². The SMILES string of the molecule is CCC1(c2cc(F)ccc2C)CCCCCN1. The Labute approximate surface area is 103 Å². The first-order valence-corrected chi connectivity index (χ1v) is 6.69. The fourth-order valence-corrected chi connectivity index (χ4v) is 2.98. The molecule has 1 atom stereocenters. The number of hydrogen-bond donors (Lipinski definition) is 1.